The van der Waals surface area contributed by atoms with Crippen molar-refractivity contribution in [1.29, 1.82) is 0 Å². The van der Waals surface area contributed by atoms with Crippen molar-refractivity contribution in [2.24, 2.45) is 0 Å². The van der Waals surface area contributed by atoms with Crippen LogP contribution in [0, 0.1) is 12.7 Å². The second-order valence-corrected chi connectivity index (χ2v) is 5.41. The van der Waals surface area contributed by atoms with E-state index in [1.54, 1.807) is 37.3 Å². The number of aryl methyl sites for hydroxylation is 1. The number of nitrogens with one attached hydrogen (secondary N) is 1. The van der Waals surface area contributed by atoms with Crippen LogP contribution in [0.25, 0.3) is 0 Å². The summed E-state index contributed by atoms with van der Waals surface area (Å²) in [6.07, 6.45) is 0. The Hall–Kier alpha value is -1.58. The van der Waals surface area contributed by atoms with Crippen molar-refractivity contribution in [3.63, 3.8) is 0 Å². The molecule has 0 saturated heterocycles. The fourth-order valence-electron chi connectivity index (χ4n) is 2.14. The predicted octanol–water partition coefficient (Wildman–Crippen LogP) is 5.25. The molecule has 4 heteroatoms. The third-order valence-electron chi connectivity index (χ3n) is 3.31. The highest BCUT2D eigenvalue weighted by Gasteiger charge is 2.15. The molecule has 21 heavy (non-hydrogen) atoms. The number of halogens is 2. The van der Waals surface area contributed by atoms with Crippen LogP contribution in [0.5, 0.6) is 11.5 Å². The van der Waals surface area contributed by atoms with Gasteiger partial charge in [0.15, 0.2) is 0 Å². The molecule has 1 N–H and O–H groups in total. The molecule has 2 nitrogen and oxygen atoms in total. The van der Waals surface area contributed by atoms with E-state index >= 15 is 0 Å². The molecule has 2 rings (SSSR count). The fourth-order valence-corrected chi connectivity index (χ4v) is 2.27. The Balaban J connectivity index is 2.36. The highest BCUT2D eigenvalue weighted by atomic mass is 35.5. The van der Waals surface area contributed by atoms with Gasteiger partial charge in [-0.1, -0.05) is 18.5 Å². The Morgan fingerprint density at radius 3 is 2.52 bits per heavy atom. The van der Waals surface area contributed by atoms with Crippen LogP contribution in [-0.2, 0) is 0 Å². The first-order valence-corrected chi connectivity index (χ1v) is 7.36. The molecule has 0 fully saturated rings. The first-order valence-electron chi connectivity index (χ1n) is 6.98. The SMILES string of the molecule is CCNC(C)c1cc(F)c(C)cc1Oc1ccc(Cl)cc1. The van der Waals surface area contributed by atoms with Gasteiger partial charge in [-0.05, 0) is 62.4 Å². The maximum absolute atomic E-state index is 13.9. The van der Waals surface area contributed by atoms with Gasteiger partial charge in [-0.3, -0.25) is 0 Å². The summed E-state index contributed by atoms with van der Waals surface area (Å²) in [7, 11) is 0. The van der Waals surface area contributed by atoms with Gasteiger partial charge < -0.3 is 10.1 Å². The molecule has 0 heterocycles. The highest BCUT2D eigenvalue weighted by Crippen LogP contribution is 2.32. The van der Waals surface area contributed by atoms with Crippen LogP contribution in [0.15, 0.2) is 36.4 Å². The standard InChI is InChI=1S/C17H19ClFNO/c1-4-20-12(3)15-10-16(19)11(2)9-17(15)21-14-7-5-13(18)6-8-14/h5-10,12,20H,4H2,1-3H3. The third kappa shape index (κ3) is 3.96. The van der Waals surface area contributed by atoms with E-state index in [9.17, 15) is 4.39 Å². The normalized spacial score (nSPS) is 12.2. The molecule has 0 spiro atoms. The van der Waals surface area contributed by atoms with Gasteiger partial charge >= 0.3 is 0 Å². The largest absolute Gasteiger partial charge is 0.457 e. The topological polar surface area (TPSA) is 21.3 Å². The van der Waals surface area contributed by atoms with Crippen LogP contribution in [0.1, 0.15) is 31.0 Å². The number of rotatable bonds is 5. The van der Waals surface area contributed by atoms with E-state index in [1.807, 2.05) is 13.8 Å². The Labute approximate surface area is 129 Å². The second-order valence-electron chi connectivity index (χ2n) is 4.97. The Morgan fingerprint density at radius 1 is 1.24 bits per heavy atom. The van der Waals surface area contributed by atoms with Crippen LogP contribution < -0.4 is 10.1 Å². The maximum Gasteiger partial charge on any atom is 0.132 e. The van der Waals surface area contributed by atoms with Crippen molar-refractivity contribution in [2.45, 2.75) is 26.8 Å². The van der Waals surface area contributed by atoms with Gasteiger partial charge in [0.25, 0.3) is 0 Å². The smallest absolute Gasteiger partial charge is 0.132 e. The van der Waals surface area contributed by atoms with Gasteiger partial charge in [-0.25, -0.2) is 4.39 Å². The number of hydrogen-bond acceptors (Lipinski definition) is 2. The lowest BCUT2D eigenvalue weighted by atomic mass is 10.0. The molecule has 0 saturated carbocycles. The number of hydrogen-bond donors (Lipinski definition) is 1. The number of ether oxygens (including phenoxy) is 1. The van der Waals surface area contributed by atoms with E-state index < -0.39 is 0 Å². The van der Waals surface area contributed by atoms with Crippen LogP contribution in [0.4, 0.5) is 4.39 Å². The molecule has 1 unspecified atom stereocenters. The summed E-state index contributed by atoms with van der Waals surface area (Å²) in [5.74, 6) is 1.11. The van der Waals surface area contributed by atoms with E-state index in [2.05, 4.69) is 5.32 Å². The Bertz CT molecular complexity index is 613. The average molecular weight is 308 g/mol. The van der Waals surface area contributed by atoms with Gasteiger partial charge in [0.05, 0.1) is 0 Å². The summed E-state index contributed by atoms with van der Waals surface area (Å²) in [5, 5.41) is 3.93. The summed E-state index contributed by atoms with van der Waals surface area (Å²) in [4.78, 5) is 0. The number of benzene rings is 2. The van der Waals surface area contributed by atoms with Crippen LogP contribution in [0.3, 0.4) is 0 Å². The lowest BCUT2D eigenvalue weighted by Crippen LogP contribution is -2.18. The van der Waals surface area contributed by atoms with Crippen molar-refractivity contribution in [2.75, 3.05) is 6.54 Å². The van der Waals surface area contributed by atoms with Gasteiger partial charge in [0.1, 0.15) is 17.3 Å². The zero-order valence-corrected chi connectivity index (χ0v) is 13.2. The first-order chi connectivity index (χ1) is 10.0. The van der Waals surface area contributed by atoms with Gasteiger partial charge in [-0.15, -0.1) is 0 Å². The zero-order valence-electron chi connectivity index (χ0n) is 12.4. The molecular weight excluding hydrogens is 289 g/mol. The van der Waals surface area contributed by atoms with Gasteiger partial charge in [0.2, 0.25) is 0 Å². The van der Waals surface area contributed by atoms with E-state index in [-0.39, 0.29) is 11.9 Å². The molecule has 2 aromatic rings. The van der Waals surface area contributed by atoms with E-state index in [0.717, 1.165) is 12.1 Å². The van der Waals surface area contributed by atoms with Crippen molar-refractivity contribution in [1.82, 2.24) is 5.32 Å². The quantitative estimate of drug-likeness (QED) is 0.814. The zero-order chi connectivity index (χ0) is 15.4. The molecule has 0 aliphatic rings. The lowest BCUT2D eigenvalue weighted by Gasteiger charge is -2.18. The second kappa shape index (κ2) is 6.92. The highest BCUT2D eigenvalue weighted by molar-refractivity contribution is 6.30. The molecule has 0 bridgehead atoms. The molecule has 0 amide bonds. The molecule has 0 radical (unpaired) electrons. The molecule has 2 aromatic carbocycles. The Kier molecular flexibility index (Phi) is 5.21. The van der Waals surface area contributed by atoms with Gasteiger partial charge in [-0.2, -0.15) is 0 Å². The van der Waals surface area contributed by atoms with Gasteiger partial charge in [0, 0.05) is 16.6 Å². The summed E-state index contributed by atoms with van der Waals surface area (Å²) in [6, 6.07) is 10.4. The molecular formula is C17H19ClFNO. The summed E-state index contributed by atoms with van der Waals surface area (Å²) < 4.78 is 19.8. The molecule has 112 valence electrons. The predicted molar refractivity (Wildman–Crippen MR) is 84.8 cm³/mol. The first kappa shape index (κ1) is 15.8. The minimum Gasteiger partial charge on any atom is -0.457 e. The van der Waals surface area contributed by atoms with E-state index in [4.69, 9.17) is 16.3 Å². The minimum absolute atomic E-state index is 0.00685. The third-order valence-corrected chi connectivity index (χ3v) is 3.56. The summed E-state index contributed by atoms with van der Waals surface area (Å²) in [6.45, 7) is 6.53. The fraction of sp³-hybridized carbons (Fsp3) is 0.294. The van der Waals surface area contributed by atoms with E-state index in [0.29, 0.717) is 22.1 Å². The van der Waals surface area contributed by atoms with Crippen molar-refractivity contribution in [3.05, 3.63) is 58.4 Å². The Morgan fingerprint density at radius 2 is 1.90 bits per heavy atom. The minimum atomic E-state index is -0.224. The van der Waals surface area contributed by atoms with Crippen molar-refractivity contribution < 1.29 is 9.13 Å². The summed E-state index contributed by atoms with van der Waals surface area (Å²) in [5.41, 5.74) is 1.36. The van der Waals surface area contributed by atoms with Crippen LogP contribution in [-0.4, -0.2) is 6.54 Å². The summed E-state index contributed by atoms with van der Waals surface area (Å²) >= 11 is 5.87. The maximum atomic E-state index is 13.9. The molecule has 1 atom stereocenters. The van der Waals surface area contributed by atoms with Crippen molar-refractivity contribution >= 4 is 11.6 Å². The van der Waals surface area contributed by atoms with E-state index in [1.165, 1.54) is 6.07 Å². The molecule has 0 aliphatic heterocycles. The molecule has 0 aromatic heterocycles. The van der Waals surface area contributed by atoms with Crippen LogP contribution >= 0.6 is 11.6 Å². The van der Waals surface area contributed by atoms with Crippen LogP contribution in [0.2, 0.25) is 5.02 Å². The van der Waals surface area contributed by atoms with Crippen molar-refractivity contribution in [3.8, 4) is 11.5 Å². The molecule has 0 aliphatic carbocycles. The lowest BCUT2D eigenvalue weighted by molar-refractivity contribution is 0.459. The average Bonchev–Trinajstić information content (AvgIpc) is 2.45. The monoisotopic (exact) mass is 307 g/mol.